The molecule has 174 valence electrons. The van der Waals surface area contributed by atoms with Gasteiger partial charge in [-0.05, 0) is 36.8 Å². The standard InChI is InChI=1S/C26H26N4O3S/c1-19-14-15-23(27-20(2)31)16-25(19)34(32,33)29(3)17-22-18-30(24-12-8-5-9-13-24)28-26(22)21-10-6-4-7-11-21/h4-16,18H,17H2,1-3H3,(H,27,31). The average molecular weight is 475 g/mol. The largest absolute Gasteiger partial charge is 0.326 e. The highest BCUT2D eigenvalue weighted by Crippen LogP contribution is 2.28. The minimum Gasteiger partial charge on any atom is -0.326 e. The molecule has 0 unspecified atom stereocenters. The summed E-state index contributed by atoms with van der Waals surface area (Å²) in [7, 11) is -2.29. The van der Waals surface area contributed by atoms with Gasteiger partial charge in [0.2, 0.25) is 15.9 Å². The number of aryl methyl sites for hydroxylation is 1. The van der Waals surface area contributed by atoms with E-state index in [0.29, 0.717) is 11.3 Å². The van der Waals surface area contributed by atoms with Gasteiger partial charge in [-0.15, -0.1) is 0 Å². The highest BCUT2D eigenvalue weighted by Gasteiger charge is 2.25. The van der Waals surface area contributed by atoms with Gasteiger partial charge >= 0.3 is 0 Å². The molecule has 0 bridgehead atoms. The highest BCUT2D eigenvalue weighted by atomic mass is 32.2. The first-order valence-electron chi connectivity index (χ1n) is 10.8. The zero-order chi connectivity index (χ0) is 24.3. The number of nitrogens with one attached hydrogen (secondary N) is 1. The third-order valence-electron chi connectivity index (χ3n) is 5.45. The summed E-state index contributed by atoms with van der Waals surface area (Å²) in [6, 6.07) is 24.3. The van der Waals surface area contributed by atoms with Crippen LogP contribution in [0, 0.1) is 6.92 Å². The maximum Gasteiger partial charge on any atom is 0.243 e. The van der Waals surface area contributed by atoms with E-state index in [1.165, 1.54) is 17.3 Å². The number of sulfonamides is 1. The Balaban J connectivity index is 1.72. The molecule has 1 aromatic heterocycles. The number of carbonyl (C=O) groups excluding carboxylic acids is 1. The van der Waals surface area contributed by atoms with Crippen LogP contribution in [0.1, 0.15) is 18.1 Å². The van der Waals surface area contributed by atoms with E-state index in [-0.39, 0.29) is 17.3 Å². The molecule has 0 aliphatic heterocycles. The Labute approximate surface area is 199 Å². The smallest absolute Gasteiger partial charge is 0.243 e. The van der Waals surface area contributed by atoms with Crippen molar-refractivity contribution in [3.8, 4) is 16.9 Å². The summed E-state index contributed by atoms with van der Waals surface area (Å²) in [5, 5.41) is 7.42. The number of rotatable bonds is 7. The van der Waals surface area contributed by atoms with Gasteiger partial charge in [0.1, 0.15) is 0 Å². The first kappa shape index (κ1) is 23.4. The topological polar surface area (TPSA) is 84.3 Å². The van der Waals surface area contributed by atoms with E-state index in [4.69, 9.17) is 5.10 Å². The average Bonchev–Trinajstić information content (AvgIpc) is 3.25. The Hall–Kier alpha value is -3.75. The number of amides is 1. The minimum absolute atomic E-state index is 0.128. The molecule has 0 spiro atoms. The molecule has 8 heteroatoms. The second kappa shape index (κ2) is 9.62. The van der Waals surface area contributed by atoms with Gasteiger partial charge in [-0.25, -0.2) is 13.1 Å². The van der Waals surface area contributed by atoms with Crippen molar-refractivity contribution in [1.82, 2.24) is 14.1 Å². The van der Waals surface area contributed by atoms with Crippen LogP contribution in [0.2, 0.25) is 0 Å². The van der Waals surface area contributed by atoms with Crippen LogP contribution in [0.25, 0.3) is 16.9 Å². The van der Waals surface area contributed by atoms with Crippen LogP contribution >= 0.6 is 0 Å². The summed E-state index contributed by atoms with van der Waals surface area (Å²) in [5.74, 6) is -0.263. The van der Waals surface area contributed by atoms with Crippen molar-refractivity contribution >= 4 is 21.6 Å². The second-order valence-corrected chi connectivity index (χ2v) is 10.1. The fourth-order valence-corrected chi connectivity index (χ4v) is 5.12. The molecule has 1 heterocycles. The molecule has 4 aromatic rings. The summed E-state index contributed by atoms with van der Waals surface area (Å²) >= 11 is 0. The van der Waals surface area contributed by atoms with Crippen LogP contribution < -0.4 is 5.32 Å². The number of anilines is 1. The summed E-state index contributed by atoms with van der Waals surface area (Å²) in [4.78, 5) is 11.6. The Kier molecular flexibility index (Phi) is 6.63. The van der Waals surface area contributed by atoms with Gasteiger partial charge in [-0.1, -0.05) is 54.6 Å². The third kappa shape index (κ3) is 4.93. The van der Waals surface area contributed by atoms with Gasteiger partial charge in [0.05, 0.1) is 16.3 Å². The minimum atomic E-state index is -3.84. The van der Waals surface area contributed by atoms with E-state index in [1.54, 1.807) is 30.8 Å². The Morgan fingerprint density at radius 2 is 1.65 bits per heavy atom. The van der Waals surface area contributed by atoms with Crippen molar-refractivity contribution < 1.29 is 13.2 Å². The lowest BCUT2D eigenvalue weighted by Gasteiger charge is -2.19. The first-order valence-corrected chi connectivity index (χ1v) is 12.2. The summed E-state index contributed by atoms with van der Waals surface area (Å²) < 4.78 is 30.1. The Bertz CT molecular complexity index is 1420. The number of hydrogen-bond acceptors (Lipinski definition) is 4. The molecule has 34 heavy (non-hydrogen) atoms. The summed E-state index contributed by atoms with van der Waals surface area (Å²) in [6.07, 6.45) is 1.87. The molecule has 0 radical (unpaired) electrons. The molecule has 3 aromatic carbocycles. The second-order valence-electron chi connectivity index (χ2n) is 8.07. The lowest BCUT2D eigenvalue weighted by Crippen LogP contribution is -2.27. The van der Waals surface area contributed by atoms with Crippen molar-refractivity contribution in [2.45, 2.75) is 25.3 Å². The normalized spacial score (nSPS) is 11.5. The van der Waals surface area contributed by atoms with Crippen molar-refractivity contribution in [2.24, 2.45) is 0 Å². The van der Waals surface area contributed by atoms with Gasteiger partial charge < -0.3 is 5.32 Å². The summed E-state index contributed by atoms with van der Waals surface area (Å²) in [5.41, 5.74) is 4.32. The van der Waals surface area contributed by atoms with Gasteiger partial charge in [0.25, 0.3) is 0 Å². The number of carbonyl (C=O) groups is 1. The van der Waals surface area contributed by atoms with Crippen LogP contribution in [-0.2, 0) is 21.4 Å². The van der Waals surface area contributed by atoms with E-state index in [9.17, 15) is 13.2 Å². The molecule has 0 atom stereocenters. The monoisotopic (exact) mass is 474 g/mol. The lowest BCUT2D eigenvalue weighted by molar-refractivity contribution is -0.114. The van der Waals surface area contributed by atoms with E-state index in [2.05, 4.69) is 5.32 Å². The maximum absolute atomic E-state index is 13.5. The molecular formula is C26H26N4O3S. The lowest BCUT2D eigenvalue weighted by atomic mass is 10.1. The molecule has 0 aliphatic rings. The zero-order valence-corrected chi connectivity index (χ0v) is 20.1. The molecule has 0 fully saturated rings. The van der Waals surface area contributed by atoms with E-state index in [0.717, 1.165) is 22.5 Å². The Morgan fingerprint density at radius 1 is 1.00 bits per heavy atom. The number of nitrogens with zero attached hydrogens (tertiary/aromatic N) is 3. The molecule has 0 aliphatic carbocycles. The number of hydrogen-bond donors (Lipinski definition) is 1. The number of benzene rings is 3. The first-order chi connectivity index (χ1) is 16.3. The van der Waals surface area contributed by atoms with E-state index < -0.39 is 10.0 Å². The van der Waals surface area contributed by atoms with Gasteiger partial charge in [-0.2, -0.15) is 9.40 Å². The van der Waals surface area contributed by atoms with Crippen molar-refractivity contribution in [2.75, 3.05) is 12.4 Å². The Morgan fingerprint density at radius 3 is 2.29 bits per heavy atom. The van der Waals surface area contributed by atoms with Crippen LogP contribution in [-0.4, -0.2) is 35.5 Å². The van der Waals surface area contributed by atoms with Crippen LogP contribution in [0.5, 0.6) is 0 Å². The van der Waals surface area contributed by atoms with Crippen LogP contribution in [0.4, 0.5) is 5.69 Å². The number of para-hydroxylation sites is 1. The fraction of sp³-hybridized carbons (Fsp3) is 0.154. The van der Waals surface area contributed by atoms with E-state index >= 15 is 0 Å². The molecule has 1 N–H and O–H groups in total. The molecule has 0 saturated heterocycles. The molecule has 4 rings (SSSR count). The van der Waals surface area contributed by atoms with Crippen molar-refractivity contribution in [3.63, 3.8) is 0 Å². The zero-order valence-electron chi connectivity index (χ0n) is 19.3. The molecule has 7 nitrogen and oxygen atoms in total. The van der Waals surface area contributed by atoms with E-state index in [1.807, 2.05) is 66.9 Å². The molecule has 0 saturated carbocycles. The maximum atomic E-state index is 13.5. The van der Waals surface area contributed by atoms with Crippen LogP contribution in [0.15, 0.2) is 90.0 Å². The quantitative estimate of drug-likeness (QED) is 0.423. The SMILES string of the molecule is CC(=O)Nc1ccc(C)c(S(=O)(=O)N(C)Cc2cn(-c3ccccc3)nc2-c2ccccc2)c1. The fourth-order valence-electron chi connectivity index (χ4n) is 3.73. The van der Waals surface area contributed by atoms with Crippen molar-refractivity contribution in [1.29, 1.82) is 0 Å². The predicted octanol–water partition coefficient (Wildman–Crippen LogP) is 4.63. The molecule has 1 amide bonds. The third-order valence-corrected chi connectivity index (χ3v) is 7.39. The van der Waals surface area contributed by atoms with Crippen LogP contribution in [0.3, 0.4) is 0 Å². The molecular weight excluding hydrogens is 448 g/mol. The number of aromatic nitrogens is 2. The van der Waals surface area contributed by atoms with Crippen molar-refractivity contribution in [3.05, 3.63) is 96.2 Å². The van der Waals surface area contributed by atoms with Gasteiger partial charge in [0.15, 0.2) is 0 Å². The van der Waals surface area contributed by atoms with Gasteiger partial charge in [-0.3, -0.25) is 4.79 Å². The highest BCUT2D eigenvalue weighted by molar-refractivity contribution is 7.89. The predicted molar refractivity (Wildman–Crippen MR) is 133 cm³/mol. The van der Waals surface area contributed by atoms with Gasteiger partial charge in [0, 0.05) is 43.5 Å². The summed E-state index contributed by atoms with van der Waals surface area (Å²) in [6.45, 7) is 3.25.